The molecule has 0 bridgehead atoms. The summed E-state index contributed by atoms with van der Waals surface area (Å²) in [6.07, 6.45) is 3.23. The van der Waals surface area contributed by atoms with Crippen LogP contribution in [0.4, 0.5) is 0 Å². The van der Waals surface area contributed by atoms with Crippen molar-refractivity contribution < 1.29 is 4.42 Å². The van der Waals surface area contributed by atoms with Gasteiger partial charge in [0.1, 0.15) is 12.0 Å². The highest BCUT2D eigenvalue weighted by atomic mass is 16.3. The first-order valence-electron chi connectivity index (χ1n) is 7.11. The van der Waals surface area contributed by atoms with E-state index in [9.17, 15) is 0 Å². The molecule has 3 heterocycles. The molecular formula is C16H16N4O. The van der Waals surface area contributed by atoms with Crippen molar-refractivity contribution in [3.63, 3.8) is 0 Å². The Morgan fingerprint density at radius 3 is 2.86 bits per heavy atom. The molecule has 0 atom stereocenters. The van der Waals surface area contributed by atoms with Crippen molar-refractivity contribution in [1.29, 1.82) is 0 Å². The largest absolute Gasteiger partial charge is 0.443 e. The first-order valence-corrected chi connectivity index (χ1v) is 7.11. The Bertz CT molecular complexity index is 718. The second kappa shape index (κ2) is 5.18. The zero-order valence-electron chi connectivity index (χ0n) is 11.6. The zero-order valence-corrected chi connectivity index (χ0v) is 11.6. The minimum absolute atomic E-state index is 0.589. The highest BCUT2D eigenvalue weighted by Gasteiger charge is 2.20. The lowest BCUT2D eigenvalue weighted by atomic mass is 10.2. The summed E-state index contributed by atoms with van der Waals surface area (Å²) in [5.41, 5.74) is 3.38. The van der Waals surface area contributed by atoms with Crippen molar-refractivity contribution in [3.05, 3.63) is 60.1 Å². The first kappa shape index (κ1) is 12.3. The fourth-order valence-electron chi connectivity index (χ4n) is 2.75. The number of nitrogens with zero attached hydrogens (tertiary/aromatic N) is 4. The third-order valence-corrected chi connectivity index (χ3v) is 3.78. The lowest BCUT2D eigenvalue weighted by Gasteiger charge is -2.27. The number of rotatable bonds is 3. The molecule has 4 rings (SSSR count). The summed E-state index contributed by atoms with van der Waals surface area (Å²) in [5, 5.41) is 4.57. The molecular weight excluding hydrogens is 264 g/mol. The molecule has 2 aromatic heterocycles. The van der Waals surface area contributed by atoms with Crippen LogP contribution in [0.25, 0.3) is 11.6 Å². The minimum atomic E-state index is 0.589. The second-order valence-corrected chi connectivity index (χ2v) is 5.28. The Kier molecular flexibility index (Phi) is 3.05. The number of hydrogen-bond acceptors (Lipinski definition) is 4. The van der Waals surface area contributed by atoms with Crippen LogP contribution in [0.5, 0.6) is 0 Å². The topological polar surface area (TPSA) is 47.1 Å². The monoisotopic (exact) mass is 280 g/mol. The van der Waals surface area contributed by atoms with Gasteiger partial charge in [-0.1, -0.05) is 30.3 Å². The smallest absolute Gasteiger partial charge is 0.246 e. The Hall–Kier alpha value is -2.40. The predicted octanol–water partition coefficient (Wildman–Crippen LogP) is 2.55. The van der Waals surface area contributed by atoms with Gasteiger partial charge in [-0.2, -0.15) is 5.10 Å². The molecule has 0 unspecified atom stereocenters. The Morgan fingerprint density at radius 2 is 2.05 bits per heavy atom. The van der Waals surface area contributed by atoms with Gasteiger partial charge >= 0.3 is 0 Å². The number of oxazole rings is 1. The van der Waals surface area contributed by atoms with Crippen LogP contribution in [0.3, 0.4) is 0 Å². The molecule has 21 heavy (non-hydrogen) atoms. The number of benzene rings is 1. The summed E-state index contributed by atoms with van der Waals surface area (Å²) >= 11 is 0. The van der Waals surface area contributed by atoms with Gasteiger partial charge in [-0.3, -0.25) is 9.58 Å². The van der Waals surface area contributed by atoms with Gasteiger partial charge in [0.15, 0.2) is 0 Å². The van der Waals surface area contributed by atoms with Gasteiger partial charge in [0.05, 0.1) is 18.4 Å². The standard InChI is InChI=1S/C16H16N4O/c1-2-4-13(5-3-1)11-19-7-8-20-14(12-19)10-15(18-20)16-17-6-9-21-16/h1-6,9-10H,7-8,11-12H2. The maximum Gasteiger partial charge on any atom is 0.246 e. The van der Waals surface area contributed by atoms with Crippen molar-refractivity contribution in [2.75, 3.05) is 6.54 Å². The lowest BCUT2D eigenvalue weighted by molar-refractivity contribution is 0.205. The molecule has 0 saturated heterocycles. The van der Waals surface area contributed by atoms with E-state index in [1.807, 2.05) is 0 Å². The average molecular weight is 280 g/mol. The van der Waals surface area contributed by atoms with Gasteiger partial charge in [0.2, 0.25) is 5.89 Å². The molecule has 1 aliphatic heterocycles. The lowest BCUT2D eigenvalue weighted by Crippen LogP contribution is -2.33. The molecule has 3 aromatic rings. The maximum absolute atomic E-state index is 5.32. The Morgan fingerprint density at radius 1 is 1.14 bits per heavy atom. The molecule has 5 nitrogen and oxygen atoms in total. The summed E-state index contributed by atoms with van der Waals surface area (Å²) in [6.45, 7) is 3.79. The SMILES string of the molecule is c1ccc(CN2CCn3nc(-c4ncco4)cc3C2)cc1. The van der Waals surface area contributed by atoms with Crippen LogP contribution < -0.4 is 0 Å². The third-order valence-electron chi connectivity index (χ3n) is 3.78. The number of aromatic nitrogens is 3. The maximum atomic E-state index is 5.32. The van der Waals surface area contributed by atoms with Gasteiger partial charge in [-0.15, -0.1) is 0 Å². The van der Waals surface area contributed by atoms with E-state index in [-0.39, 0.29) is 0 Å². The van der Waals surface area contributed by atoms with Crippen molar-refractivity contribution in [1.82, 2.24) is 19.7 Å². The van der Waals surface area contributed by atoms with Gasteiger partial charge < -0.3 is 4.42 Å². The van der Waals surface area contributed by atoms with Crippen LogP contribution in [0.1, 0.15) is 11.3 Å². The molecule has 0 fully saturated rings. The molecule has 0 aliphatic carbocycles. The highest BCUT2D eigenvalue weighted by molar-refractivity contribution is 5.47. The highest BCUT2D eigenvalue weighted by Crippen LogP contribution is 2.21. The van der Waals surface area contributed by atoms with Crippen LogP contribution in [-0.2, 0) is 19.6 Å². The Balaban J connectivity index is 1.52. The average Bonchev–Trinajstić information content (AvgIpc) is 3.17. The summed E-state index contributed by atoms with van der Waals surface area (Å²) in [6, 6.07) is 12.6. The Labute approximate surface area is 122 Å². The van der Waals surface area contributed by atoms with Crippen LogP contribution in [-0.4, -0.2) is 26.2 Å². The van der Waals surface area contributed by atoms with E-state index in [1.54, 1.807) is 12.5 Å². The summed E-state index contributed by atoms with van der Waals surface area (Å²) in [5.74, 6) is 0.589. The van der Waals surface area contributed by atoms with E-state index in [4.69, 9.17) is 4.42 Å². The van der Waals surface area contributed by atoms with E-state index in [0.29, 0.717) is 5.89 Å². The van der Waals surface area contributed by atoms with Gasteiger partial charge in [0, 0.05) is 19.6 Å². The minimum Gasteiger partial charge on any atom is -0.443 e. The zero-order chi connectivity index (χ0) is 14.1. The third kappa shape index (κ3) is 2.48. The van der Waals surface area contributed by atoms with E-state index in [1.165, 1.54) is 11.3 Å². The number of fused-ring (bicyclic) bond motifs is 1. The first-order chi connectivity index (χ1) is 10.4. The summed E-state index contributed by atoms with van der Waals surface area (Å²) in [4.78, 5) is 6.60. The molecule has 0 N–H and O–H groups in total. The predicted molar refractivity (Wildman–Crippen MR) is 78.3 cm³/mol. The molecule has 0 saturated carbocycles. The number of hydrogen-bond donors (Lipinski definition) is 0. The molecule has 0 radical (unpaired) electrons. The van der Waals surface area contributed by atoms with Gasteiger partial charge in [-0.25, -0.2) is 4.98 Å². The van der Waals surface area contributed by atoms with E-state index < -0.39 is 0 Å². The van der Waals surface area contributed by atoms with E-state index >= 15 is 0 Å². The summed E-state index contributed by atoms with van der Waals surface area (Å²) < 4.78 is 7.38. The van der Waals surface area contributed by atoms with Crippen LogP contribution in [0.15, 0.2) is 53.3 Å². The molecule has 1 aliphatic rings. The molecule has 0 amide bonds. The molecule has 0 spiro atoms. The van der Waals surface area contributed by atoms with Crippen LogP contribution in [0, 0.1) is 0 Å². The second-order valence-electron chi connectivity index (χ2n) is 5.28. The summed E-state index contributed by atoms with van der Waals surface area (Å²) in [7, 11) is 0. The van der Waals surface area contributed by atoms with Crippen molar-refractivity contribution >= 4 is 0 Å². The van der Waals surface area contributed by atoms with Crippen LogP contribution in [0.2, 0.25) is 0 Å². The van der Waals surface area contributed by atoms with E-state index in [0.717, 1.165) is 31.9 Å². The molecule has 1 aromatic carbocycles. The van der Waals surface area contributed by atoms with E-state index in [2.05, 4.69) is 56.1 Å². The quantitative estimate of drug-likeness (QED) is 0.739. The normalized spacial score (nSPS) is 15.0. The van der Waals surface area contributed by atoms with Crippen molar-refractivity contribution in [3.8, 4) is 11.6 Å². The van der Waals surface area contributed by atoms with Gasteiger partial charge in [0.25, 0.3) is 0 Å². The van der Waals surface area contributed by atoms with Crippen LogP contribution >= 0.6 is 0 Å². The molecule has 106 valence electrons. The van der Waals surface area contributed by atoms with Gasteiger partial charge in [-0.05, 0) is 11.6 Å². The van der Waals surface area contributed by atoms with Crippen molar-refractivity contribution in [2.45, 2.75) is 19.6 Å². The fourth-order valence-corrected chi connectivity index (χ4v) is 2.75. The fraction of sp³-hybridized carbons (Fsp3) is 0.250. The molecule has 5 heteroatoms. The van der Waals surface area contributed by atoms with Crippen molar-refractivity contribution in [2.24, 2.45) is 0 Å².